The summed E-state index contributed by atoms with van der Waals surface area (Å²) in [6, 6.07) is 5.55. The van der Waals surface area contributed by atoms with Gasteiger partial charge in [-0.3, -0.25) is 0 Å². The Morgan fingerprint density at radius 1 is 1.32 bits per heavy atom. The van der Waals surface area contributed by atoms with E-state index >= 15 is 0 Å². The summed E-state index contributed by atoms with van der Waals surface area (Å²) < 4.78 is 18.6. The highest BCUT2D eigenvalue weighted by Crippen LogP contribution is 2.22. The van der Waals surface area contributed by atoms with Crippen molar-refractivity contribution in [2.75, 3.05) is 25.7 Å². The number of anilines is 1. The lowest BCUT2D eigenvalue weighted by atomic mass is 10.1. The van der Waals surface area contributed by atoms with Gasteiger partial charge in [0.2, 0.25) is 0 Å². The number of halogens is 1. The molecule has 19 heavy (non-hydrogen) atoms. The van der Waals surface area contributed by atoms with Crippen molar-refractivity contribution < 1.29 is 9.13 Å². The molecular weight excluding hydrogens is 243 g/mol. The van der Waals surface area contributed by atoms with E-state index in [4.69, 9.17) is 4.74 Å². The Kier molecular flexibility index (Phi) is 6.25. The standard InChI is InChI=1S/C15H25FN2O/c1-11(2)17-9-13-8-14(16)6-7-15(13)18(4)12(3)10-19-5/h6-8,11-12,17H,9-10H2,1-5H3. The third-order valence-corrected chi connectivity index (χ3v) is 3.19. The van der Waals surface area contributed by atoms with Crippen LogP contribution in [0.1, 0.15) is 26.3 Å². The summed E-state index contributed by atoms with van der Waals surface area (Å²) in [4.78, 5) is 2.13. The van der Waals surface area contributed by atoms with Crippen LogP contribution >= 0.6 is 0 Å². The Bertz CT molecular complexity index is 396. The minimum absolute atomic E-state index is 0.197. The van der Waals surface area contributed by atoms with Gasteiger partial charge in [-0.1, -0.05) is 13.8 Å². The highest BCUT2D eigenvalue weighted by molar-refractivity contribution is 5.54. The van der Waals surface area contributed by atoms with E-state index in [1.807, 2.05) is 13.1 Å². The van der Waals surface area contributed by atoms with Crippen LogP contribution in [-0.4, -0.2) is 32.8 Å². The molecule has 0 heterocycles. The highest BCUT2D eigenvalue weighted by atomic mass is 19.1. The van der Waals surface area contributed by atoms with Crippen LogP contribution in [0.4, 0.5) is 10.1 Å². The Hall–Kier alpha value is -1.13. The van der Waals surface area contributed by atoms with E-state index in [0.717, 1.165) is 11.3 Å². The Labute approximate surface area is 115 Å². The molecule has 4 heteroatoms. The summed E-state index contributed by atoms with van der Waals surface area (Å²) in [5, 5.41) is 3.33. The molecule has 1 atom stereocenters. The first-order chi connectivity index (χ1) is 8.95. The fourth-order valence-corrected chi connectivity index (χ4v) is 1.94. The molecular formula is C15H25FN2O. The second kappa shape index (κ2) is 7.46. The van der Waals surface area contributed by atoms with E-state index in [0.29, 0.717) is 19.2 Å². The van der Waals surface area contributed by atoms with Crippen LogP contribution in [0.3, 0.4) is 0 Å². The van der Waals surface area contributed by atoms with Crippen LogP contribution in [-0.2, 0) is 11.3 Å². The molecule has 0 saturated carbocycles. The maximum atomic E-state index is 13.4. The van der Waals surface area contributed by atoms with Gasteiger partial charge in [-0.2, -0.15) is 0 Å². The number of nitrogens with zero attached hydrogens (tertiary/aromatic N) is 1. The largest absolute Gasteiger partial charge is 0.383 e. The molecule has 0 saturated heterocycles. The average molecular weight is 268 g/mol. The first kappa shape index (κ1) is 15.9. The number of likely N-dealkylation sites (N-methyl/N-ethyl adjacent to an activating group) is 1. The summed E-state index contributed by atoms with van der Waals surface area (Å²) in [6.45, 7) is 7.55. The topological polar surface area (TPSA) is 24.5 Å². The zero-order valence-electron chi connectivity index (χ0n) is 12.5. The zero-order valence-corrected chi connectivity index (χ0v) is 12.5. The molecule has 0 fully saturated rings. The van der Waals surface area contributed by atoms with Gasteiger partial charge in [-0.15, -0.1) is 0 Å². The van der Waals surface area contributed by atoms with Crippen LogP contribution in [0.2, 0.25) is 0 Å². The lowest BCUT2D eigenvalue weighted by Crippen LogP contribution is -2.34. The predicted molar refractivity (Wildman–Crippen MR) is 78.1 cm³/mol. The fourth-order valence-electron chi connectivity index (χ4n) is 1.94. The fraction of sp³-hybridized carbons (Fsp3) is 0.600. The molecule has 0 radical (unpaired) electrons. The molecule has 1 aromatic rings. The van der Waals surface area contributed by atoms with Crippen molar-refractivity contribution in [1.82, 2.24) is 5.32 Å². The van der Waals surface area contributed by atoms with Gasteiger partial charge in [0.15, 0.2) is 0 Å². The van der Waals surface area contributed by atoms with Crippen molar-refractivity contribution >= 4 is 5.69 Å². The monoisotopic (exact) mass is 268 g/mol. The van der Waals surface area contributed by atoms with Crippen molar-refractivity contribution in [1.29, 1.82) is 0 Å². The summed E-state index contributed by atoms with van der Waals surface area (Å²) in [5.41, 5.74) is 2.01. The van der Waals surface area contributed by atoms with Crippen LogP contribution in [0.5, 0.6) is 0 Å². The van der Waals surface area contributed by atoms with Gasteiger partial charge in [0.25, 0.3) is 0 Å². The molecule has 0 bridgehead atoms. The van der Waals surface area contributed by atoms with Crippen LogP contribution in [0.15, 0.2) is 18.2 Å². The molecule has 108 valence electrons. The van der Waals surface area contributed by atoms with E-state index in [1.165, 1.54) is 6.07 Å². The summed E-state index contributed by atoms with van der Waals surface area (Å²) in [5.74, 6) is -0.197. The van der Waals surface area contributed by atoms with Gasteiger partial charge in [-0.25, -0.2) is 4.39 Å². The first-order valence-corrected chi connectivity index (χ1v) is 6.69. The average Bonchev–Trinajstić information content (AvgIpc) is 2.36. The number of benzene rings is 1. The third kappa shape index (κ3) is 4.80. The molecule has 1 aromatic carbocycles. The van der Waals surface area contributed by atoms with Crippen molar-refractivity contribution in [2.45, 2.75) is 39.4 Å². The quantitative estimate of drug-likeness (QED) is 0.823. The minimum atomic E-state index is -0.197. The third-order valence-electron chi connectivity index (χ3n) is 3.19. The van der Waals surface area contributed by atoms with Gasteiger partial charge in [0.05, 0.1) is 6.61 Å². The summed E-state index contributed by atoms with van der Waals surface area (Å²) in [7, 11) is 3.70. The number of nitrogens with one attached hydrogen (secondary N) is 1. The van der Waals surface area contributed by atoms with Crippen molar-refractivity contribution in [3.63, 3.8) is 0 Å². The van der Waals surface area contributed by atoms with Crippen molar-refractivity contribution in [3.8, 4) is 0 Å². The number of hydrogen-bond acceptors (Lipinski definition) is 3. The van der Waals surface area contributed by atoms with E-state index < -0.39 is 0 Å². The maximum absolute atomic E-state index is 13.4. The Morgan fingerprint density at radius 3 is 2.58 bits per heavy atom. The second-order valence-corrected chi connectivity index (χ2v) is 5.22. The zero-order chi connectivity index (χ0) is 14.4. The van der Waals surface area contributed by atoms with Gasteiger partial charge in [0, 0.05) is 38.5 Å². The van der Waals surface area contributed by atoms with E-state index in [9.17, 15) is 4.39 Å². The molecule has 0 spiro atoms. The minimum Gasteiger partial charge on any atom is -0.383 e. The number of ether oxygens (including phenoxy) is 1. The predicted octanol–water partition coefficient (Wildman–Crippen LogP) is 2.79. The molecule has 1 rings (SSSR count). The lowest BCUT2D eigenvalue weighted by molar-refractivity contribution is 0.183. The molecule has 3 nitrogen and oxygen atoms in total. The number of methoxy groups -OCH3 is 1. The molecule has 0 aliphatic rings. The first-order valence-electron chi connectivity index (χ1n) is 6.69. The molecule has 1 unspecified atom stereocenters. The number of hydrogen-bond donors (Lipinski definition) is 1. The maximum Gasteiger partial charge on any atom is 0.123 e. The van der Waals surface area contributed by atoms with E-state index in [2.05, 4.69) is 31.0 Å². The van der Waals surface area contributed by atoms with E-state index in [1.54, 1.807) is 13.2 Å². The molecule has 0 aliphatic heterocycles. The summed E-state index contributed by atoms with van der Waals surface area (Å²) >= 11 is 0. The van der Waals surface area contributed by atoms with Gasteiger partial charge in [-0.05, 0) is 30.7 Å². The van der Waals surface area contributed by atoms with Gasteiger partial charge in [0.1, 0.15) is 5.82 Å². The molecule has 1 N–H and O–H groups in total. The van der Waals surface area contributed by atoms with Crippen LogP contribution < -0.4 is 10.2 Å². The molecule has 0 aromatic heterocycles. The summed E-state index contributed by atoms with van der Waals surface area (Å²) in [6.07, 6.45) is 0. The van der Waals surface area contributed by atoms with Gasteiger partial charge < -0.3 is 15.0 Å². The lowest BCUT2D eigenvalue weighted by Gasteiger charge is -2.29. The SMILES string of the molecule is COCC(C)N(C)c1ccc(F)cc1CNC(C)C. The Morgan fingerprint density at radius 2 is 2.00 bits per heavy atom. The Balaban J connectivity index is 2.91. The van der Waals surface area contributed by atoms with E-state index in [-0.39, 0.29) is 11.9 Å². The van der Waals surface area contributed by atoms with Crippen LogP contribution in [0, 0.1) is 5.82 Å². The normalized spacial score (nSPS) is 12.8. The van der Waals surface area contributed by atoms with Gasteiger partial charge >= 0.3 is 0 Å². The molecule has 0 aliphatic carbocycles. The van der Waals surface area contributed by atoms with Crippen molar-refractivity contribution in [2.24, 2.45) is 0 Å². The second-order valence-electron chi connectivity index (χ2n) is 5.22. The number of rotatable bonds is 7. The van der Waals surface area contributed by atoms with Crippen LogP contribution in [0.25, 0.3) is 0 Å². The molecule has 0 amide bonds. The smallest absolute Gasteiger partial charge is 0.123 e. The highest BCUT2D eigenvalue weighted by Gasteiger charge is 2.14. The van der Waals surface area contributed by atoms with Crippen molar-refractivity contribution in [3.05, 3.63) is 29.6 Å².